The number of hydrogen-bond acceptors (Lipinski definition) is 2. The van der Waals surface area contributed by atoms with E-state index in [0.29, 0.717) is 22.9 Å². The molecule has 2 aromatic carbocycles. The lowest BCUT2D eigenvalue weighted by Crippen LogP contribution is -2.37. The van der Waals surface area contributed by atoms with Gasteiger partial charge in [0.1, 0.15) is 5.82 Å². The lowest BCUT2D eigenvalue weighted by Gasteiger charge is -2.23. The number of hydrogen-bond donors (Lipinski definition) is 1. The summed E-state index contributed by atoms with van der Waals surface area (Å²) in [6.07, 6.45) is 1.72. The van der Waals surface area contributed by atoms with Crippen LogP contribution in [0.4, 0.5) is 4.39 Å². The zero-order chi connectivity index (χ0) is 14.1. The predicted molar refractivity (Wildman–Crippen MR) is 75.1 cm³/mol. The van der Waals surface area contributed by atoms with Gasteiger partial charge in [0.05, 0.1) is 12.6 Å². The molecule has 1 heterocycles. The fourth-order valence-corrected chi connectivity index (χ4v) is 2.90. The summed E-state index contributed by atoms with van der Waals surface area (Å²) in [6.45, 7) is 0.626. The van der Waals surface area contributed by atoms with Crippen LogP contribution in [-0.2, 0) is 0 Å². The van der Waals surface area contributed by atoms with Crippen LogP contribution < -0.4 is 0 Å². The second-order valence-corrected chi connectivity index (χ2v) is 5.12. The van der Waals surface area contributed by atoms with E-state index in [0.717, 1.165) is 12.8 Å². The normalized spacial score (nSPS) is 18.7. The van der Waals surface area contributed by atoms with Crippen molar-refractivity contribution < 1.29 is 14.3 Å². The number of nitrogens with zero attached hydrogens (tertiary/aromatic N) is 1. The van der Waals surface area contributed by atoms with E-state index in [1.807, 2.05) is 0 Å². The Hall–Kier alpha value is -1.94. The van der Waals surface area contributed by atoms with E-state index in [2.05, 4.69) is 0 Å². The monoisotopic (exact) mass is 273 g/mol. The van der Waals surface area contributed by atoms with E-state index in [1.165, 1.54) is 12.1 Å². The van der Waals surface area contributed by atoms with Crippen LogP contribution in [0.3, 0.4) is 0 Å². The topological polar surface area (TPSA) is 40.5 Å². The summed E-state index contributed by atoms with van der Waals surface area (Å²) in [5.74, 6) is -0.449. The number of aliphatic hydroxyl groups excluding tert-OH is 1. The molecule has 4 heteroatoms. The summed E-state index contributed by atoms with van der Waals surface area (Å²) in [5.41, 5.74) is 0.502. The molecule has 0 spiro atoms. The van der Waals surface area contributed by atoms with Crippen molar-refractivity contribution in [3.8, 4) is 0 Å². The van der Waals surface area contributed by atoms with Gasteiger partial charge < -0.3 is 10.0 Å². The van der Waals surface area contributed by atoms with Gasteiger partial charge in [0.15, 0.2) is 0 Å². The van der Waals surface area contributed by atoms with E-state index >= 15 is 0 Å². The molecule has 0 radical (unpaired) electrons. The molecule has 1 saturated heterocycles. The van der Waals surface area contributed by atoms with Gasteiger partial charge in [0.25, 0.3) is 5.91 Å². The highest BCUT2D eigenvalue weighted by atomic mass is 19.1. The number of carbonyl (C=O) groups excluding carboxylic acids is 1. The average molecular weight is 273 g/mol. The maximum Gasteiger partial charge on any atom is 0.254 e. The minimum Gasteiger partial charge on any atom is -0.394 e. The molecular weight excluding hydrogens is 257 g/mol. The Balaban J connectivity index is 2.06. The fraction of sp³-hybridized carbons (Fsp3) is 0.312. The van der Waals surface area contributed by atoms with Gasteiger partial charge in [-0.15, -0.1) is 0 Å². The van der Waals surface area contributed by atoms with Gasteiger partial charge in [-0.2, -0.15) is 0 Å². The van der Waals surface area contributed by atoms with Crippen LogP contribution in [-0.4, -0.2) is 35.1 Å². The van der Waals surface area contributed by atoms with Crippen LogP contribution in [0.15, 0.2) is 36.4 Å². The molecule has 0 bridgehead atoms. The third-order valence-electron chi connectivity index (χ3n) is 3.95. The summed E-state index contributed by atoms with van der Waals surface area (Å²) < 4.78 is 13.8. The number of rotatable bonds is 2. The first-order valence-corrected chi connectivity index (χ1v) is 6.81. The lowest BCUT2D eigenvalue weighted by molar-refractivity contribution is 0.0679. The number of carbonyl (C=O) groups is 1. The standard InChI is InChI=1S/C16H16FNO2/c17-15-8-7-14(12-5-1-2-6-13(12)15)16(20)18-9-3-4-11(18)10-19/h1-2,5-8,11,19H,3-4,9-10H2/t11-/m0/s1. The summed E-state index contributed by atoms with van der Waals surface area (Å²) in [4.78, 5) is 14.3. The molecule has 0 aliphatic carbocycles. The van der Waals surface area contributed by atoms with Crippen molar-refractivity contribution in [1.29, 1.82) is 0 Å². The molecule has 20 heavy (non-hydrogen) atoms. The molecule has 0 saturated carbocycles. The highest BCUT2D eigenvalue weighted by Crippen LogP contribution is 2.26. The van der Waals surface area contributed by atoms with E-state index < -0.39 is 0 Å². The van der Waals surface area contributed by atoms with Crippen molar-refractivity contribution in [1.82, 2.24) is 4.90 Å². The molecular formula is C16H16FNO2. The first kappa shape index (κ1) is 13.1. The summed E-state index contributed by atoms with van der Waals surface area (Å²) in [5, 5.41) is 10.4. The molecule has 0 unspecified atom stereocenters. The van der Waals surface area contributed by atoms with Gasteiger partial charge in [-0.1, -0.05) is 24.3 Å². The number of amides is 1. The molecule has 1 fully saturated rings. The van der Waals surface area contributed by atoms with Crippen molar-refractivity contribution in [3.05, 3.63) is 47.8 Å². The Morgan fingerprint density at radius 1 is 1.25 bits per heavy atom. The maximum absolute atomic E-state index is 13.8. The summed E-state index contributed by atoms with van der Waals surface area (Å²) in [7, 11) is 0. The third-order valence-corrected chi connectivity index (χ3v) is 3.95. The smallest absolute Gasteiger partial charge is 0.254 e. The van der Waals surface area contributed by atoms with Gasteiger partial charge >= 0.3 is 0 Å². The molecule has 1 atom stereocenters. The van der Waals surface area contributed by atoms with Crippen molar-refractivity contribution >= 4 is 16.7 Å². The Morgan fingerprint density at radius 2 is 2.00 bits per heavy atom. The molecule has 1 aliphatic rings. The van der Waals surface area contributed by atoms with E-state index in [9.17, 15) is 14.3 Å². The first-order valence-electron chi connectivity index (χ1n) is 6.81. The van der Waals surface area contributed by atoms with Crippen molar-refractivity contribution in [2.45, 2.75) is 18.9 Å². The second kappa shape index (κ2) is 5.21. The van der Waals surface area contributed by atoms with Gasteiger partial charge in [0.2, 0.25) is 0 Å². The minimum absolute atomic E-state index is 0.0229. The van der Waals surface area contributed by atoms with E-state index in [1.54, 1.807) is 29.2 Å². The minimum atomic E-state index is -0.322. The number of benzene rings is 2. The van der Waals surface area contributed by atoms with Gasteiger partial charge in [-0.05, 0) is 30.4 Å². The number of fused-ring (bicyclic) bond motifs is 1. The van der Waals surface area contributed by atoms with E-state index in [-0.39, 0.29) is 24.4 Å². The maximum atomic E-state index is 13.8. The molecule has 104 valence electrons. The number of halogens is 1. The van der Waals surface area contributed by atoms with Crippen molar-refractivity contribution in [2.24, 2.45) is 0 Å². The Morgan fingerprint density at radius 3 is 2.75 bits per heavy atom. The number of aliphatic hydroxyl groups is 1. The van der Waals surface area contributed by atoms with E-state index in [4.69, 9.17) is 0 Å². The Bertz CT molecular complexity index is 656. The molecule has 1 N–H and O–H groups in total. The SMILES string of the molecule is O=C(c1ccc(F)c2ccccc12)N1CCC[C@H]1CO. The average Bonchev–Trinajstić information content (AvgIpc) is 2.96. The fourth-order valence-electron chi connectivity index (χ4n) is 2.90. The molecule has 1 aliphatic heterocycles. The van der Waals surface area contributed by atoms with Crippen molar-refractivity contribution in [2.75, 3.05) is 13.2 Å². The van der Waals surface area contributed by atoms with Crippen LogP contribution in [0.2, 0.25) is 0 Å². The van der Waals surface area contributed by atoms with Gasteiger partial charge in [-0.25, -0.2) is 4.39 Å². The zero-order valence-electron chi connectivity index (χ0n) is 11.1. The molecule has 1 amide bonds. The van der Waals surface area contributed by atoms with Crippen LogP contribution >= 0.6 is 0 Å². The highest BCUT2D eigenvalue weighted by Gasteiger charge is 2.29. The first-order chi connectivity index (χ1) is 9.72. The van der Waals surface area contributed by atoms with Gasteiger partial charge in [-0.3, -0.25) is 4.79 Å². The Labute approximate surface area is 116 Å². The molecule has 2 aromatic rings. The van der Waals surface area contributed by atoms with Crippen LogP contribution in [0, 0.1) is 5.82 Å². The predicted octanol–water partition coefficient (Wildman–Crippen LogP) is 2.58. The molecule has 3 rings (SSSR count). The summed E-state index contributed by atoms with van der Waals surface area (Å²) in [6, 6.07) is 9.74. The van der Waals surface area contributed by atoms with Crippen LogP contribution in [0.1, 0.15) is 23.2 Å². The van der Waals surface area contributed by atoms with Crippen LogP contribution in [0.5, 0.6) is 0 Å². The second-order valence-electron chi connectivity index (χ2n) is 5.12. The largest absolute Gasteiger partial charge is 0.394 e. The van der Waals surface area contributed by atoms with Gasteiger partial charge in [0, 0.05) is 17.5 Å². The molecule has 0 aromatic heterocycles. The quantitative estimate of drug-likeness (QED) is 0.913. The van der Waals surface area contributed by atoms with Crippen LogP contribution in [0.25, 0.3) is 10.8 Å². The third kappa shape index (κ3) is 2.06. The molecule has 3 nitrogen and oxygen atoms in total. The number of likely N-dealkylation sites (tertiary alicyclic amines) is 1. The van der Waals surface area contributed by atoms with Crippen molar-refractivity contribution in [3.63, 3.8) is 0 Å². The Kier molecular flexibility index (Phi) is 3.40. The highest BCUT2D eigenvalue weighted by molar-refractivity contribution is 6.07. The zero-order valence-corrected chi connectivity index (χ0v) is 11.1. The summed E-state index contributed by atoms with van der Waals surface area (Å²) >= 11 is 0. The lowest BCUT2D eigenvalue weighted by atomic mass is 10.0.